The smallest absolute Gasteiger partial charge is 0.246 e. The van der Waals surface area contributed by atoms with E-state index in [4.69, 9.17) is 15.2 Å². The van der Waals surface area contributed by atoms with E-state index >= 15 is 0 Å². The largest absolute Gasteiger partial charge is 0.474 e. The zero-order valence-electron chi connectivity index (χ0n) is 10.3. The Labute approximate surface area is 108 Å². The Bertz CT molecular complexity index is 627. The van der Waals surface area contributed by atoms with Crippen LogP contribution < -0.4 is 15.4 Å². The summed E-state index contributed by atoms with van der Waals surface area (Å²) in [5.41, 5.74) is 6.39. The first-order valence-corrected chi connectivity index (χ1v) is 6.31. The summed E-state index contributed by atoms with van der Waals surface area (Å²) in [6, 6.07) is 0.134. The van der Waals surface area contributed by atoms with E-state index in [9.17, 15) is 0 Å². The van der Waals surface area contributed by atoms with Crippen LogP contribution >= 0.6 is 0 Å². The fourth-order valence-corrected chi connectivity index (χ4v) is 2.64. The Morgan fingerprint density at radius 3 is 3.21 bits per heavy atom. The van der Waals surface area contributed by atoms with Gasteiger partial charge in [-0.15, -0.1) is 5.10 Å². The number of hydrogen-bond donors (Lipinski definition) is 2. The van der Waals surface area contributed by atoms with E-state index in [1.54, 1.807) is 0 Å². The average Bonchev–Trinajstić information content (AvgIpc) is 2.59. The fourth-order valence-electron chi connectivity index (χ4n) is 2.64. The predicted molar refractivity (Wildman–Crippen MR) is 68.2 cm³/mol. The lowest BCUT2D eigenvalue weighted by Gasteiger charge is -2.28. The second-order valence-corrected chi connectivity index (χ2v) is 4.74. The molecule has 8 heteroatoms. The molecule has 100 valence electrons. The maximum atomic E-state index is 5.78. The quantitative estimate of drug-likeness (QED) is 0.684. The molecule has 4 heterocycles. The molecule has 3 N–H and O–H groups in total. The first-order chi connectivity index (χ1) is 9.33. The minimum absolute atomic E-state index is 0.134. The fraction of sp³-hybridized carbons (Fsp3) is 0.545. The van der Waals surface area contributed by atoms with E-state index in [2.05, 4.69) is 25.1 Å². The minimum Gasteiger partial charge on any atom is -0.474 e. The van der Waals surface area contributed by atoms with Crippen molar-refractivity contribution < 1.29 is 9.47 Å². The second kappa shape index (κ2) is 3.95. The third-order valence-corrected chi connectivity index (χ3v) is 3.51. The van der Waals surface area contributed by atoms with Gasteiger partial charge >= 0.3 is 0 Å². The van der Waals surface area contributed by atoms with Gasteiger partial charge in [0.25, 0.3) is 0 Å². The van der Waals surface area contributed by atoms with Gasteiger partial charge in [-0.3, -0.25) is 5.10 Å². The van der Waals surface area contributed by atoms with Crippen LogP contribution in [0.3, 0.4) is 0 Å². The van der Waals surface area contributed by atoms with E-state index in [1.165, 1.54) is 0 Å². The van der Waals surface area contributed by atoms with Crippen LogP contribution in [-0.2, 0) is 4.74 Å². The predicted octanol–water partition coefficient (Wildman–Crippen LogP) is -0.0772. The molecule has 1 unspecified atom stereocenters. The normalized spacial score (nSPS) is 22.5. The maximum Gasteiger partial charge on any atom is 0.246 e. The molecule has 0 radical (unpaired) electrons. The van der Waals surface area contributed by atoms with Gasteiger partial charge in [-0.25, -0.2) is 0 Å². The van der Waals surface area contributed by atoms with Crippen LogP contribution in [0.1, 0.15) is 6.42 Å². The van der Waals surface area contributed by atoms with Gasteiger partial charge in [-0.05, 0) is 6.42 Å². The first kappa shape index (κ1) is 10.8. The Morgan fingerprint density at radius 1 is 1.32 bits per heavy atom. The molecule has 2 aliphatic rings. The standard InChI is InChI=1S/C11H14N6O2/c12-11-13-8-7-9(14-11)17-2-1-3-18-4-6(17)5-19-10(7)16-15-8/h6H,1-5H2,(H3,12,13,14,15,16). The Balaban J connectivity index is 1.94. The monoisotopic (exact) mass is 262 g/mol. The third-order valence-electron chi connectivity index (χ3n) is 3.51. The first-order valence-electron chi connectivity index (χ1n) is 6.31. The highest BCUT2D eigenvalue weighted by molar-refractivity contribution is 5.93. The molecule has 0 amide bonds. The highest BCUT2D eigenvalue weighted by Crippen LogP contribution is 2.35. The van der Waals surface area contributed by atoms with Crippen LogP contribution in [-0.4, -0.2) is 52.6 Å². The van der Waals surface area contributed by atoms with Crippen molar-refractivity contribution in [3.05, 3.63) is 0 Å². The maximum absolute atomic E-state index is 5.78. The molecule has 0 saturated carbocycles. The van der Waals surface area contributed by atoms with Crippen molar-refractivity contribution in [2.45, 2.75) is 12.5 Å². The Morgan fingerprint density at radius 2 is 2.26 bits per heavy atom. The lowest BCUT2D eigenvalue weighted by Crippen LogP contribution is -2.41. The number of fused-ring (bicyclic) bond motifs is 2. The van der Waals surface area contributed by atoms with Gasteiger partial charge in [0.1, 0.15) is 17.8 Å². The summed E-state index contributed by atoms with van der Waals surface area (Å²) in [5.74, 6) is 1.57. The number of hydrogen-bond acceptors (Lipinski definition) is 7. The highest BCUT2D eigenvalue weighted by Gasteiger charge is 2.31. The van der Waals surface area contributed by atoms with Crippen LogP contribution in [0, 0.1) is 0 Å². The lowest BCUT2D eigenvalue weighted by atomic mass is 10.2. The number of H-pyrrole nitrogens is 1. The van der Waals surface area contributed by atoms with Crippen molar-refractivity contribution in [2.24, 2.45) is 0 Å². The molecule has 1 fully saturated rings. The molecule has 8 nitrogen and oxygen atoms in total. The molecular weight excluding hydrogens is 248 g/mol. The van der Waals surface area contributed by atoms with Gasteiger partial charge < -0.3 is 20.1 Å². The number of aromatic nitrogens is 4. The van der Waals surface area contributed by atoms with Crippen LogP contribution in [0.15, 0.2) is 0 Å². The van der Waals surface area contributed by atoms with E-state index in [0.29, 0.717) is 24.7 Å². The van der Waals surface area contributed by atoms with Crippen LogP contribution in [0.4, 0.5) is 11.8 Å². The third kappa shape index (κ3) is 1.60. The summed E-state index contributed by atoms with van der Waals surface area (Å²) in [7, 11) is 0. The molecule has 0 aromatic carbocycles. The summed E-state index contributed by atoms with van der Waals surface area (Å²) in [5, 5.41) is 7.78. The summed E-state index contributed by atoms with van der Waals surface area (Å²) >= 11 is 0. The molecule has 4 rings (SSSR count). The molecule has 2 aliphatic heterocycles. The Kier molecular flexibility index (Phi) is 2.25. The van der Waals surface area contributed by atoms with Crippen molar-refractivity contribution in [2.75, 3.05) is 37.0 Å². The van der Waals surface area contributed by atoms with Gasteiger partial charge in [0.2, 0.25) is 11.8 Å². The molecule has 19 heavy (non-hydrogen) atoms. The molecule has 0 aliphatic carbocycles. The second-order valence-electron chi connectivity index (χ2n) is 4.74. The van der Waals surface area contributed by atoms with E-state index in [1.807, 2.05) is 0 Å². The number of nitrogen functional groups attached to an aromatic ring is 1. The van der Waals surface area contributed by atoms with Gasteiger partial charge in [0, 0.05) is 13.2 Å². The van der Waals surface area contributed by atoms with Crippen LogP contribution in [0.5, 0.6) is 5.88 Å². The number of ether oxygens (including phenoxy) is 2. The summed E-state index contributed by atoms with van der Waals surface area (Å²) in [6.45, 7) is 2.77. The summed E-state index contributed by atoms with van der Waals surface area (Å²) in [6.07, 6.45) is 0.953. The van der Waals surface area contributed by atoms with Gasteiger partial charge in [0.05, 0.1) is 12.6 Å². The average molecular weight is 262 g/mol. The lowest BCUT2D eigenvalue weighted by molar-refractivity contribution is 0.118. The zero-order valence-corrected chi connectivity index (χ0v) is 10.3. The number of rotatable bonds is 0. The molecule has 0 bridgehead atoms. The molecule has 2 aromatic rings. The zero-order chi connectivity index (χ0) is 12.8. The van der Waals surface area contributed by atoms with Crippen molar-refractivity contribution in [1.29, 1.82) is 0 Å². The molecular formula is C11H14N6O2. The van der Waals surface area contributed by atoms with Crippen molar-refractivity contribution in [3.63, 3.8) is 0 Å². The van der Waals surface area contributed by atoms with Gasteiger partial charge in [-0.2, -0.15) is 9.97 Å². The Hall–Kier alpha value is -2.09. The van der Waals surface area contributed by atoms with Crippen LogP contribution in [0.25, 0.3) is 11.0 Å². The van der Waals surface area contributed by atoms with Crippen molar-refractivity contribution in [3.8, 4) is 5.88 Å². The van der Waals surface area contributed by atoms with Gasteiger partial charge in [0.15, 0.2) is 5.65 Å². The van der Waals surface area contributed by atoms with E-state index in [0.717, 1.165) is 30.8 Å². The summed E-state index contributed by atoms with van der Waals surface area (Å²) in [4.78, 5) is 10.7. The number of nitrogens with one attached hydrogen (secondary N) is 1. The number of anilines is 2. The van der Waals surface area contributed by atoms with Crippen molar-refractivity contribution >= 4 is 22.8 Å². The minimum atomic E-state index is 0.134. The van der Waals surface area contributed by atoms with Crippen LogP contribution in [0.2, 0.25) is 0 Å². The van der Waals surface area contributed by atoms with Gasteiger partial charge in [-0.1, -0.05) is 0 Å². The molecule has 2 aromatic heterocycles. The van der Waals surface area contributed by atoms with E-state index < -0.39 is 0 Å². The molecule has 1 saturated heterocycles. The van der Waals surface area contributed by atoms with E-state index in [-0.39, 0.29) is 12.0 Å². The number of aromatic amines is 1. The van der Waals surface area contributed by atoms with Crippen molar-refractivity contribution in [1.82, 2.24) is 20.2 Å². The summed E-state index contributed by atoms with van der Waals surface area (Å²) < 4.78 is 11.3. The number of nitrogens with two attached hydrogens (primary N) is 1. The number of nitrogens with zero attached hydrogens (tertiary/aromatic N) is 4. The topological polar surface area (TPSA) is 102 Å². The molecule has 0 spiro atoms. The molecule has 1 atom stereocenters. The SMILES string of the molecule is Nc1nc2c3c(n[nH]c3n1)OCC1COCCCN21. The highest BCUT2D eigenvalue weighted by atomic mass is 16.5.